The van der Waals surface area contributed by atoms with E-state index in [1.807, 2.05) is 30.3 Å². The summed E-state index contributed by atoms with van der Waals surface area (Å²) in [6.45, 7) is 2.77. The molecule has 0 atom stereocenters. The largest absolute Gasteiger partial charge is 0.462 e. The van der Waals surface area contributed by atoms with Crippen molar-refractivity contribution in [2.75, 3.05) is 11.9 Å². The first kappa shape index (κ1) is 21.9. The molecule has 0 aliphatic carbocycles. The number of carbonyl (C=O) groups is 2. The second-order valence-electron chi connectivity index (χ2n) is 7.37. The summed E-state index contributed by atoms with van der Waals surface area (Å²) >= 11 is 0. The number of carbonyl (C=O) groups excluding carboxylic acids is 2. The first-order valence-corrected chi connectivity index (χ1v) is 10.6. The molecule has 0 unspecified atom stereocenters. The van der Waals surface area contributed by atoms with Crippen LogP contribution >= 0.6 is 0 Å². The lowest BCUT2D eigenvalue weighted by Crippen LogP contribution is -2.21. The van der Waals surface area contributed by atoms with Gasteiger partial charge in [0.1, 0.15) is 6.33 Å². The fraction of sp³-hybridized carbons (Fsp3) is 0.208. The lowest BCUT2D eigenvalue weighted by Gasteiger charge is -2.08. The Balaban J connectivity index is 1.39. The third-order valence-electron chi connectivity index (χ3n) is 5.05. The Morgan fingerprint density at radius 1 is 0.970 bits per heavy atom. The van der Waals surface area contributed by atoms with E-state index in [1.54, 1.807) is 35.8 Å². The van der Waals surface area contributed by atoms with E-state index in [4.69, 9.17) is 4.74 Å². The number of hydrogen-bond donors (Lipinski definition) is 1. The van der Waals surface area contributed by atoms with Gasteiger partial charge in [-0.3, -0.25) is 14.2 Å². The molecule has 1 N–H and O–H groups in total. The number of hydrogen-bond acceptors (Lipinski definition) is 6. The number of nitrogens with zero attached hydrogens (tertiary/aromatic N) is 4. The Morgan fingerprint density at radius 3 is 2.42 bits per heavy atom. The number of amides is 1. The Kier molecular flexibility index (Phi) is 6.58. The molecule has 168 valence electrons. The molecule has 2 aromatic carbocycles. The van der Waals surface area contributed by atoms with E-state index in [2.05, 4.69) is 15.3 Å². The van der Waals surface area contributed by atoms with Gasteiger partial charge in [-0.1, -0.05) is 30.3 Å². The zero-order valence-corrected chi connectivity index (χ0v) is 18.1. The molecule has 2 heterocycles. The van der Waals surface area contributed by atoms with E-state index in [1.165, 1.54) is 17.2 Å². The molecule has 0 bridgehead atoms. The van der Waals surface area contributed by atoms with Crippen molar-refractivity contribution in [3.8, 4) is 0 Å². The molecule has 33 heavy (non-hydrogen) atoms. The second-order valence-corrected chi connectivity index (χ2v) is 7.37. The van der Waals surface area contributed by atoms with Gasteiger partial charge in [-0.2, -0.15) is 0 Å². The van der Waals surface area contributed by atoms with Gasteiger partial charge in [0.25, 0.3) is 5.56 Å². The number of esters is 1. The summed E-state index contributed by atoms with van der Waals surface area (Å²) in [7, 11) is 0. The highest BCUT2D eigenvalue weighted by Crippen LogP contribution is 2.12. The molecule has 4 aromatic rings. The number of aromatic nitrogens is 4. The van der Waals surface area contributed by atoms with Gasteiger partial charge in [0, 0.05) is 18.7 Å². The second kappa shape index (κ2) is 9.90. The van der Waals surface area contributed by atoms with E-state index >= 15 is 0 Å². The molecule has 0 aliphatic heterocycles. The van der Waals surface area contributed by atoms with Crippen LogP contribution in [0.25, 0.3) is 11.2 Å². The lowest BCUT2D eigenvalue weighted by atomic mass is 10.2. The molecular formula is C24H23N5O4. The van der Waals surface area contributed by atoms with E-state index in [0.717, 1.165) is 5.56 Å². The zero-order valence-electron chi connectivity index (χ0n) is 18.1. The summed E-state index contributed by atoms with van der Waals surface area (Å²) in [5.74, 6) is -0.615. The molecule has 0 spiro atoms. The number of ether oxygens (including phenoxy) is 1. The maximum Gasteiger partial charge on any atom is 0.338 e. The van der Waals surface area contributed by atoms with Crippen LogP contribution in [-0.2, 0) is 22.6 Å². The molecule has 0 saturated heterocycles. The number of rotatable bonds is 8. The quantitative estimate of drug-likeness (QED) is 0.418. The minimum absolute atomic E-state index is 0.167. The van der Waals surface area contributed by atoms with Gasteiger partial charge in [-0.25, -0.2) is 14.8 Å². The number of benzene rings is 2. The minimum Gasteiger partial charge on any atom is -0.462 e. The van der Waals surface area contributed by atoms with Crippen molar-refractivity contribution in [2.24, 2.45) is 0 Å². The summed E-state index contributed by atoms with van der Waals surface area (Å²) in [4.78, 5) is 45.5. The maximum absolute atomic E-state index is 12.8. The fourth-order valence-corrected chi connectivity index (χ4v) is 3.38. The van der Waals surface area contributed by atoms with Gasteiger partial charge in [-0.15, -0.1) is 0 Å². The average molecular weight is 445 g/mol. The van der Waals surface area contributed by atoms with Gasteiger partial charge in [0.15, 0.2) is 11.2 Å². The third kappa shape index (κ3) is 5.15. The number of nitrogens with one attached hydrogen (secondary N) is 1. The van der Waals surface area contributed by atoms with Crippen molar-refractivity contribution >= 4 is 28.7 Å². The van der Waals surface area contributed by atoms with Gasteiger partial charge in [-0.05, 0) is 36.8 Å². The molecule has 9 heteroatoms. The van der Waals surface area contributed by atoms with Crippen molar-refractivity contribution in [2.45, 2.75) is 26.4 Å². The van der Waals surface area contributed by atoms with Crippen molar-refractivity contribution in [1.29, 1.82) is 0 Å². The highest BCUT2D eigenvalue weighted by Gasteiger charge is 2.12. The van der Waals surface area contributed by atoms with Crippen LogP contribution in [0.3, 0.4) is 0 Å². The normalized spacial score (nSPS) is 10.8. The first-order chi connectivity index (χ1) is 16.0. The molecule has 1 amide bonds. The molecule has 0 radical (unpaired) electrons. The summed E-state index contributed by atoms with van der Waals surface area (Å²) < 4.78 is 8.15. The monoisotopic (exact) mass is 445 g/mol. The maximum atomic E-state index is 12.8. The van der Waals surface area contributed by atoms with Crippen LogP contribution in [0.15, 0.2) is 72.0 Å². The predicted molar refractivity (Wildman–Crippen MR) is 123 cm³/mol. The van der Waals surface area contributed by atoms with Crippen molar-refractivity contribution in [3.05, 3.63) is 88.7 Å². The molecule has 0 fully saturated rings. The number of imidazole rings is 1. The Hall–Kier alpha value is -4.27. The SMILES string of the molecule is CCOC(=O)c1ccc(NC(=O)CCn2cnc3c(=O)n(Cc4ccccc4)cnc32)cc1. The highest BCUT2D eigenvalue weighted by atomic mass is 16.5. The summed E-state index contributed by atoms with van der Waals surface area (Å²) in [6.07, 6.45) is 3.19. The van der Waals surface area contributed by atoms with Gasteiger partial charge in [0.05, 0.1) is 25.0 Å². The van der Waals surface area contributed by atoms with E-state index in [-0.39, 0.29) is 23.4 Å². The molecule has 2 aromatic heterocycles. The first-order valence-electron chi connectivity index (χ1n) is 10.6. The van der Waals surface area contributed by atoms with Gasteiger partial charge < -0.3 is 14.6 Å². The van der Waals surface area contributed by atoms with Gasteiger partial charge in [0.2, 0.25) is 5.91 Å². The predicted octanol–water partition coefficient (Wildman–Crippen LogP) is 2.85. The van der Waals surface area contributed by atoms with Crippen molar-refractivity contribution < 1.29 is 14.3 Å². The summed E-state index contributed by atoms with van der Waals surface area (Å²) in [5, 5.41) is 2.79. The van der Waals surface area contributed by atoms with Crippen LogP contribution in [0.1, 0.15) is 29.3 Å². The van der Waals surface area contributed by atoms with Crippen LogP contribution in [0.2, 0.25) is 0 Å². The Morgan fingerprint density at radius 2 is 1.70 bits per heavy atom. The number of anilines is 1. The molecule has 0 saturated carbocycles. The van der Waals surface area contributed by atoms with Crippen molar-refractivity contribution in [1.82, 2.24) is 19.1 Å². The summed E-state index contributed by atoms with van der Waals surface area (Å²) in [6, 6.07) is 16.1. The molecule has 0 aliphatic rings. The fourth-order valence-electron chi connectivity index (χ4n) is 3.38. The minimum atomic E-state index is -0.405. The zero-order chi connectivity index (χ0) is 23.2. The number of aryl methyl sites for hydroxylation is 1. The van der Waals surface area contributed by atoms with E-state index in [0.29, 0.717) is 36.6 Å². The van der Waals surface area contributed by atoms with Crippen LogP contribution in [0.5, 0.6) is 0 Å². The summed E-state index contributed by atoms with van der Waals surface area (Å²) in [5.41, 5.74) is 2.47. The topological polar surface area (TPSA) is 108 Å². The average Bonchev–Trinajstić information content (AvgIpc) is 3.25. The lowest BCUT2D eigenvalue weighted by molar-refractivity contribution is -0.116. The van der Waals surface area contributed by atoms with Crippen LogP contribution in [-0.4, -0.2) is 37.6 Å². The number of fused-ring (bicyclic) bond motifs is 1. The van der Waals surface area contributed by atoms with E-state index < -0.39 is 5.97 Å². The standard InChI is InChI=1S/C24H23N5O4/c1-2-33-24(32)18-8-10-19(11-9-18)27-20(30)12-13-28-15-25-21-22(28)26-16-29(23(21)31)14-17-6-4-3-5-7-17/h3-11,15-16H,2,12-14H2,1H3,(H,27,30). The Bertz CT molecular complexity index is 1330. The molecule has 4 rings (SSSR count). The molecular weight excluding hydrogens is 422 g/mol. The third-order valence-corrected chi connectivity index (χ3v) is 5.05. The highest BCUT2D eigenvalue weighted by molar-refractivity contribution is 5.93. The smallest absolute Gasteiger partial charge is 0.338 e. The molecule has 9 nitrogen and oxygen atoms in total. The van der Waals surface area contributed by atoms with Crippen LogP contribution < -0.4 is 10.9 Å². The van der Waals surface area contributed by atoms with Crippen LogP contribution in [0.4, 0.5) is 5.69 Å². The van der Waals surface area contributed by atoms with Crippen LogP contribution in [0, 0.1) is 0 Å². The van der Waals surface area contributed by atoms with Crippen molar-refractivity contribution in [3.63, 3.8) is 0 Å². The van der Waals surface area contributed by atoms with Gasteiger partial charge >= 0.3 is 5.97 Å². The van der Waals surface area contributed by atoms with E-state index in [9.17, 15) is 14.4 Å². The Labute approximate surface area is 189 Å².